The molecule has 1 amide bonds. The Morgan fingerprint density at radius 2 is 2.08 bits per heavy atom. The van der Waals surface area contributed by atoms with Crippen LogP contribution in [0.2, 0.25) is 0 Å². The van der Waals surface area contributed by atoms with Crippen LogP contribution < -0.4 is 5.32 Å². The molecule has 1 aliphatic rings. The van der Waals surface area contributed by atoms with Gasteiger partial charge in [-0.25, -0.2) is 4.68 Å². The summed E-state index contributed by atoms with van der Waals surface area (Å²) in [4.78, 5) is 13.3. The number of carbonyl (C=O) groups excluding carboxylic acids is 1. The van der Waals surface area contributed by atoms with Crippen molar-refractivity contribution in [3.63, 3.8) is 0 Å². The van der Waals surface area contributed by atoms with Gasteiger partial charge in [-0.15, -0.1) is 11.3 Å². The Balaban J connectivity index is 1.76. The zero-order chi connectivity index (χ0) is 17.9. The molecule has 2 aromatic heterocycles. The minimum absolute atomic E-state index is 0.0994. The summed E-state index contributed by atoms with van der Waals surface area (Å²) in [6.07, 6.45) is 5.44. The number of carbonyl (C=O) groups is 1. The van der Waals surface area contributed by atoms with Crippen LogP contribution in [0.3, 0.4) is 0 Å². The van der Waals surface area contributed by atoms with Gasteiger partial charge >= 0.3 is 0 Å². The summed E-state index contributed by atoms with van der Waals surface area (Å²) >= 11 is 1.57. The number of aromatic nitrogens is 2. The molecule has 0 spiro atoms. The van der Waals surface area contributed by atoms with Gasteiger partial charge in [-0.1, -0.05) is 24.3 Å². The molecular formula is C20H16N4OS. The fraction of sp³-hybridized carbons (Fsp3) is 0.150. The van der Waals surface area contributed by atoms with Crippen LogP contribution in [0.25, 0.3) is 22.3 Å². The van der Waals surface area contributed by atoms with Crippen LogP contribution in [-0.2, 0) is 4.79 Å². The van der Waals surface area contributed by atoms with Gasteiger partial charge in [-0.05, 0) is 42.5 Å². The molecule has 6 heteroatoms. The zero-order valence-electron chi connectivity index (χ0n) is 13.9. The highest BCUT2D eigenvalue weighted by atomic mass is 32.1. The topological polar surface area (TPSA) is 70.7 Å². The first kappa shape index (κ1) is 16.3. The molecule has 1 saturated carbocycles. The molecule has 0 unspecified atom stereocenters. The van der Waals surface area contributed by atoms with Crippen molar-refractivity contribution in [3.05, 3.63) is 65.2 Å². The molecule has 5 nitrogen and oxygen atoms in total. The fourth-order valence-electron chi connectivity index (χ4n) is 2.61. The molecule has 0 radical (unpaired) electrons. The van der Waals surface area contributed by atoms with Gasteiger partial charge in [0.2, 0.25) is 0 Å². The Kier molecular flexibility index (Phi) is 4.38. The van der Waals surface area contributed by atoms with Crippen LogP contribution in [0, 0.1) is 11.3 Å². The maximum Gasteiger partial charge on any atom is 0.262 e. The number of nitrogens with zero attached hydrogens (tertiary/aromatic N) is 3. The summed E-state index contributed by atoms with van der Waals surface area (Å²) in [6.45, 7) is 0. The lowest BCUT2D eigenvalue weighted by molar-refractivity contribution is -0.117. The second kappa shape index (κ2) is 6.98. The van der Waals surface area contributed by atoms with Crippen molar-refractivity contribution in [1.29, 1.82) is 5.26 Å². The third-order valence-electron chi connectivity index (χ3n) is 4.10. The average Bonchev–Trinajstić information content (AvgIpc) is 3.15. The summed E-state index contributed by atoms with van der Waals surface area (Å²) in [5, 5.41) is 19.0. The maximum atomic E-state index is 12.3. The Hall–Kier alpha value is -3.17. The minimum Gasteiger partial charge on any atom is -0.349 e. The lowest BCUT2D eigenvalue weighted by atomic mass is 10.1. The normalized spacial score (nSPS) is 14.0. The van der Waals surface area contributed by atoms with Gasteiger partial charge in [0.15, 0.2) is 0 Å². The van der Waals surface area contributed by atoms with Crippen molar-refractivity contribution in [2.24, 2.45) is 0 Å². The highest BCUT2D eigenvalue weighted by Gasteiger charge is 2.25. The van der Waals surface area contributed by atoms with E-state index in [1.165, 1.54) is 0 Å². The monoisotopic (exact) mass is 360 g/mol. The van der Waals surface area contributed by atoms with Crippen molar-refractivity contribution in [1.82, 2.24) is 15.1 Å². The van der Waals surface area contributed by atoms with E-state index in [-0.39, 0.29) is 17.5 Å². The smallest absolute Gasteiger partial charge is 0.262 e. The second-order valence-corrected chi connectivity index (χ2v) is 7.06. The predicted octanol–water partition coefficient (Wildman–Crippen LogP) is 3.79. The molecule has 0 saturated heterocycles. The molecule has 0 bridgehead atoms. The molecule has 1 aromatic carbocycles. The summed E-state index contributed by atoms with van der Waals surface area (Å²) in [5.41, 5.74) is 2.53. The number of rotatable bonds is 5. The van der Waals surface area contributed by atoms with Gasteiger partial charge in [-0.2, -0.15) is 10.4 Å². The van der Waals surface area contributed by atoms with Crippen molar-refractivity contribution >= 4 is 23.3 Å². The zero-order valence-corrected chi connectivity index (χ0v) is 14.7. The van der Waals surface area contributed by atoms with E-state index in [4.69, 9.17) is 0 Å². The van der Waals surface area contributed by atoms with Crippen LogP contribution in [-0.4, -0.2) is 21.7 Å². The Labute approximate surface area is 155 Å². The third-order valence-corrected chi connectivity index (χ3v) is 4.97. The van der Waals surface area contributed by atoms with Crippen LogP contribution >= 0.6 is 11.3 Å². The largest absolute Gasteiger partial charge is 0.349 e. The molecule has 1 N–H and O–H groups in total. The third kappa shape index (κ3) is 3.44. The summed E-state index contributed by atoms with van der Waals surface area (Å²) in [6, 6.07) is 15.9. The van der Waals surface area contributed by atoms with E-state index in [9.17, 15) is 10.1 Å². The molecule has 128 valence electrons. The van der Waals surface area contributed by atoms with Crippen LogP contribution in [0.5, 0.6) is 0 Å². The van der Waals surface area contributed by atoms with E-state index in [0.717, 1.165) is 34.7 Å². The van der Waals surface area contributed by atoms with Gasteiger partial charge in [0.25, 0.3) is 5.91 Å². The second-order valence-electron chi connectivity index (χ2n) is 6.11. The Morgan fingerprint density at radius 1 is 1.27 bits per heavy atom. The molecule has 26 heavy (non-hydrogen) atoms. The van der Waals surface area contributed by atoms with Gasteiger partial charge < -0.3 is 5.32 Å². The minimum atomic E-state index is -0.320. The van der Waals surface area contributed by atoms with Gasteiger partial charge in [-0.3, -0.25) is 4.79 Å². The molecule has 0 aliphatic heterocycles. The molecule has 1 aliphatic carbocycles. The van der Waals surface area contributed by atoms with Crippen molar-refractivity contribution in [2.75, 3.05) is 0 Å². The average molecular weight is 360 g/mol. The predicted molar refractivity (Wildman–Crippen MR) is 102 cm³/mol. The van der Waals surface area contributed by atoms with Crippen molar-refractivity contribution in [3.8, 4) is 22.3 Å². The van der Waals surface area contributed by atoms with Gasteiger partial charge in [0.05, 0.1) is 10.6 Å². The molecule has 4 rings (SSSR count). The van der Waals surface area contributed by atoms with Crippen LogP contribution in [0.15, 0.2) is 59.6 Å². The molecule has 2 heterocycles. The van der Waals surface area contributed by atoms with E-state index < -0.39 is 0 Å². The number of para-hydroxylation sites is 1. The van der Waals surface area contributed by atoms with Gasteiger partial charge in [0, 0.05) is 17.8 Å². The maximum absolute atomic E-state index is 12.3. The van der Waals surface area contributed by atoms with E-state index in [1.54, 1.807) is 22.1 Å². The number of hydrogen-bond acceptors (Lipinski definition) is 4. The SMILES string of the molecule is N#C/C(=C\c1cn(-c2ccccc2)nc1-c1cccs1)C(=O)NC1CC1. The lowest BCUT2D eigenvalue weighted by Gasteiger charge is -2.01. The first-order valence-corrected chi connectivity index (χ1v) is 9.24. The van der Waals surface area contributed by atoms with Crippen LogP contribution in [0.1, 0.15) is 18.4 Å². The number of thiophene rings is 1. The first-order valence-electron chi connectivity index (χ1n) is 8.36. The molecular weight excluding hydrogens is 344 g/mol. The Morgan fingerprint density at radius 3 is 2.73 bits per heavy atom. The van der Waals surface area contributed by atoms with Gasteiger partial charge in [0.1, 0.15) is 17.3 Å². The number of amides is 1. The first-order chi connectivity index (χ1) is 12.7. The highest BCUT2D eigenvalue weighted by molar-refractivity contribution is 7.13. The lowest BCUT2D eigenvalue weighted by Crippen LogP contribution is -2.26. The fourth-order valence-corrected chi connectivity index (χ4v) is 3.34. The van der Waals surface area contributed by atoms with E-state index in [2.05, 4.69) is 10.4 Å². The van der Waals surface area contributed by atoms with E-state index >= 15 is 0 Å². The number of nitriles is 1. The summed E-state index contributed by atoms with van der Waals surface area (Å²) in [7, 11) is 0. The highest BCUT2D eigenvalue weighted by Crippen LogP contribution is 2.29. The Bertz CT molecular complexity index is 992. The summed E-state index contributed by atoms with van der Waals surface area (Å²) < 4.78 is 1.77. The van der Waals surface area contributed by atoms with E-state index in [0.29, 0.717) is 0 Å². The van der Waals surface area contributed by atoms with Crippen molar-refractivity contribution < 1.29 is 4.79 Å². The molecule has 3 aromatic rings. The standard InChI is InChI=1S/C20H16N4OS/c21-12-14(20(25)22-16-8-9-16)11-15-13-24(17-5-2-1-3-6-17)23-19(15)18-7-4-10-26-18/h1-7,10-11,13,16H,8-9H2,(H,22,25)/b14-11+. The van der Waals surface area contributed by atoms with Crippen molar-refractivity contribution in [2.45, 2.75) is 18.9 Å². The number of benzene rings is 1. The number of hydrogen-bond donors (Lipinski definition) is 1. The molecule has 1 fully saturated rings. The van der Waals surface area contributed by atoms with Crippen LogP contribution in [0.4, 0.5) is 0 Å². The quantitative estimate of drug-likeness (QED) is 0.556. The van der Waals surface area contributed by atoms with E-state index in [1.807, 2.05) is 60.1 Å². The summed E-state index contributed by atoms with van der Waals surface area (Å²) in [5.74, 6) is -0.320. The molecule has 0 atom stereocenters. The number of nitrogens with one attached hydrogen (secondary N) is 1.